The van der Waals surface area contributed by atoms with E-state index in [4.69, 9.17) is 5.73 Å². The minimum absolute atomic E-state index is 0.267. The molecule has 29 heavy (non-hydrogen) atoms. The second-order valence-electron chi connectivity index (χ2n) is 6.38. The Morgan fingerprint density at radius 3 is 2.66 bits per heavy atom. The second kappa shape index (κ2) is 7.16. The number of fused-ring (bicyclic) bond motifs is 1. The number of alkyl halides is 3. The number of nitrogens with one attached hydrogen (secondary N) is 1. The fourth-order valence-corrected chi connectivity index (χ4v) is 4.54. The molecule has 0 amide bonds. The number of nitrogens with two attached hydrogens (primary N) is 1. The molecule has 0 aliphatic heterocycles. The molecule has 0 aliphatic rings. The summed E-state index contributed by atoms with van der Waals surface area (Å²) in [6.07, 6.45) is -4.43. The number of benzene rings is 1. The third-order valence-electron chi connectivity index (χ3n) is 4.24. The summed E-state index contributed by atoms with van der Waals surface area (Å²) >= 11 is 2.77. The molecule has 0 radical (unpaired) electrons. The van der Waals surface area contributed by atoms with Crippen LogP contribution in [0.2, 0.25) is 0 Å². The Bertz CT molecular complexity index is 1220. The van der Waals surface area contributed by atoms with E-state index in [0.717, 1.165) is 27.3 Å². The maximum absolute atomic E-state index is 13.2. The zero-order valence-corrected chi connectivity index (χ0v) is 16.8. The van der Waals surface area contributed by atoms with Gasteiger partial charge in [0, 0.05) is 5.56 Å². The van der Waals surface area contributed by atoms with Crippen molar-refractivity contribution in [3.63, 3.8) is 0 Å². The van der Waals surface area contributed by atoms with Gasteiger partial charge in [0.05, 0.1) is 37.0 Å². The normalized spacial score (nSPS) is 11.7. The van der Waals surface area contributed by atoms with Gasteiger partial charge in [-0.2, -0.15) is 13.2 Å². The van der Waals surface area contributed by atoms with E-state index in [9.17, 15) is 13.2 Å². The van der Waals surface area contributed by atoms with Crippen LogP contribution < -0.4 is 11.1 Å². The van der Waals surface area contributed by atoms with E-state index in [2.05, 4.69) is 21.9 Å². The largest absolute Gasteiger partial charge is 0.416 e. The molecule has 148 valence electrons. The van der Waals surface area contributed by atoms with Crippen LogP contribution in [0.1, 0.15) is 16.0 Å². The first-order valence-electron chi connectivity index (χ1n) is 8.47. The number of aromatic nitrogens is 2. The number of nitrogen functional groups attached to an aromatic ring is 1. The van der Waals surface area contributed by atoms with E-state index in [1.54, 1.807) is 12.1 Å². The highest BCUT2D eigenvalue weighted by Gasteiger charge is 2.30. The van der Waals surface area contributed by atoms with E-state index in [-0.39, 0.29) is 5.95 Å². The lowest BCUT2D eigenvalue weighted by molar-refractivity contribution is -0.137. The Kier molecular flexibility index (Phi) is 4.79. The summed E-state index contributed by atoms with van der Waals surface area (Å²) in [6.45, 7) is 5.89. The molecule has 9 heteroatoms. The van der Waals surface area contributed by atoms with Crippen molar-refractivity contribution in [3.05, 3.63) is 64.4 Å². The Morgan fingerprint density at radius 1 is 1.17 bits per heavy atom. The van der Waals surface area contributed by atoms with Crippen molar-refractivity contribution >= 4 is 49.5 Å². The van der Waals surface area contributed by atoms with Gasteiger partial charge in [0.2, 0.25) is 5.95 Å². The Labute approximate surface area is 172 Å². The van der Waals surface area contributed by atoms with Gasteiger partial charge in [0.1, 0.15) is 0 Å². The summed E-state index contributed by atoms with van der Waals surface area (Å²) in [4.78, 5) is 9.88. The summed E-state index contributed by atoms with van der Waals surface area (Å²) in [7, 11) is 0. The number of halogens is 3. The molecule has 0 saturated heterocycles. The molecule has 4 aromatic rings. The van der Waals surface area contributed by atoms with Gasteiger partial charge >= 0.3 is 6.18 Å². The summed E-state index contributed by atoms with van der Waals surface area (Å²) < 4.78 is 40.3. The number of hydrogen-bond acceptors (Lipinski definition) is 6. The maximum Gasteiger partial charge on any atom is 0.416 e. The highest BCUT2D eigenvalue weighted by Crippen LogP contribution is 2.37. The molecule has 1 aromatic carbocycles. The summed E-state index contributed by atoms with van der Waals surface area (Å²) in [5.41, 5.74) is 8.05. The van der Waals surface area contributed by atoms with Gasteiger partial charge in [-0.25, -0.2) is 9.97 Å². The van der Waals surface area contributed by atoms with Gasteiger partial charge in [0.25, 0.3) is 0 Å². The first kappa shape index (κ1) is 19.4. The van der Waals surface area contributed by atoms with Crippen molar-refractivity contribution in [2.45, 2.75) is 13.1 Å². The molecule has 0 fully saturated rings. The van der Waals surface area contributed by atoms with Crippen LogP contribution in [0.5, 0.6) is 0 Å². The fraction of sp³-hybridized carbons (Fsp3) is 0.100. The summed E-state index contributed by atoms with van der Waals surface area (Å²) in [6, 6.07) is 8.75. The highest BCUT2D eigenvalue weighted by molar-refractivity contribution is 7.18. The minimum Gasteiger partial charge on any atom is -0.391 e. The van der Waals surface area contributed by atoms with E-state index in [1.807, 2.05) is 18.4 Å². The summed E-state index contributed by atoms with van der Waals surface area (Å²) in [5, 5.41) is 5.62. The Morgan fingerprint density at radius 2 is 1.97 bits per heavy atom. The van der Waals surface area contributed by atoms with E-state index in [0.29, 0.717) is 27.5 Å². The standard InChI is InChI=1S/C20H15F3N4S2/c1-10-9-28-18-16(10)26-19(25-11(2)14-6-7-15(24)29-14)27-17(18)12-4-3-5-13(8-12)20(21,22)23/h3-9H,2,24H2,1H3,(H,25,26,27). The molecule has 0 atom stereocenters. The van der Waals surface area contributed by atoms with Crippen molar-refractivity contribution in [3.8, 4) is 11.3 Å². The quantitative estimate of drug-likeness (QED) is 0.391. The van der Waals surface area contributed by atoms with Crippen LogP contribution in [0.4, 0.5) is 24.1 Å². The average molecular weight is 432 g/mol. The van der Waals surface area contributed by atoms with Crippen molar-refractivity contribution in [2.24, 2.45) is 0 Å². The zero-order chi connectivity index (χ0) is 20.8. The first-order valence-corrected chi connectivity index (χ1v) is 10.2. The number of anilines is 2. The van der Waals surface area contributed by atoms with Crippen molar-refractivity contribution in [2.75, 3.05) is 11.1 Å². The lowest BCUT2D eigenvalue weighted by atomic mass is 10.1. The van der Waals surface area contributed by atoms with Crippen molar-refractivity contribution in [1.82, 2.24) is 9.97 Å². The molecule has 3 aromatic heterocycles. The molecule has 4 nitrogen and oxygen atoms in total. The molecule has 0 saturated carbocycles. The van der Waals surface area contributed by atoms with Crippen LogP contribution in [0.25, 0.3) is 27.2 Å². The van der Waals surface area contributed by atoms with Crippen LogP contribution in [0, 0.1) is 6.92 Å². The predicted molar refractivity (Wildman–Crippen MR) is 114 cm³/mol. The van der Waals surface area contributed by atoms with E-state index in [1.165, 1.54) is 28.7 Å². The molecular weight excluding hydrogens is 417 g/mol. The molecular formula is C20H15F3N4S2. The third kappa shape index (κ3) is 3.83. The smallest absolute Gasteiger partial charge is 0.391 e. The van der Waals surface area contributed by atoms with E-state index < -0.39 is 11.7 Å². The maximum atomic E-state index is 13.2. The van der Waals surface area contributed by atoms with E-state index >= 15 is 0 Å². The van der Waals surface area contributed by atoms with Gasteiger partial charge in [-0.3, -0.25) is 0 Å². The number of rotatable bonds is 4. The van der Waals surface area contributed by atoms with Gasteiger partial charge in [0.15, 0.2) is 0 Å². The first-order chi connectivity index (χ1) is 13.7. The lowest BCUT2D eigenvalue weighted by Crippen LogP contribution is -2.05. The summed E-state index contributed by atoms with van der Waals surface area (Å²) in [5.74, 6) is 0.267. The molecule has 0 bridgehead atoms. The minimum atomic E-state index is -4.43. The number of nitrogens with zero attached hydrogens (tertiary/aromatic N) is 2. The molecule has 3 N–H and O–H groups in total. The van der Waals surface area contributed by atoms with Crippen LogP contribution in [0.3, 0.4) is 0 Å². The van der Waals surface area contributed by atoms with Crippen LogP contribution >= 0.6 is 22.7 Å². The van der Waals surface area contributed by atoms with Gasteiger partial charge in [-0.05, 0) is 42.1 Å². The van der Waals surface area contributed by atoms with Crippen LogP contribution in [-0.4, -0.2) is 9.97 Å². The van der Waals surface area contributed by atoms with Crippen molar-refractivity contribution < 1.29 is 13.2 Å². The molecule has 0 spiro atoms. The topological polar surface area (TPSA) is 63.8 Å². The molecule has 3 heterocycles. The van der Waals surface area contributed by atoms with Gasteiger partial charge in [-0.1, -0.05) is 18.7 Å². The highest BCUT2D eigenvalue weighted by atomic mass is 32.1. The van der Waals surface area contributed by atoms with Crippen molar-refractivity contribution in [1.29, 1.82) is 0 Å². The molecule has 0 aliphatic carbocycles. The van der Waals surface area contributed by atoms with Crippen LogP contribution in [-0.2, 0) is 6.18 Å². The molecule has 0 unspecified atom stereocenters. The fourth-order valence-electron chi connectivity index (χ4n) is 2.84. The number of aryl methyl sites for hydroxylation is 1. The monoisotopic (exact) mass is 432 g/mol. The van der Waals surface area contributed by atoms with Crippen LogP contribution in [0.15, 0.2) is 48.4 Å². The van der Waals surface area contributed by atoms with Gasteiger partial charge in [-0.15, -0.1) is 22.7 Å². The third-order valence-corrected chi connectivity index (χ3v) is 6.31. The predicted octanol–water partition coefficient (Wildman–Crippen LogP) is 6.41. The lowest BCUT2D eigenvalue weighted by Gasteiger charge is -2.11. The number of hydrogen-bond donors (Lipinski definition) is 2. The Hall–Kier alpha value is -2.91. The number of thiophene rings is 2. The zero-order valence-electron chi connectivity index (χ0n) is 15.2. The SMILES string of the molecule is C=C(Nc1nc(-c2cccc(C(F)(F)F)c2)c2scc(C)c2n1)c1ccc(N)s1. The Balaban J connectivity index is 1.81. The molecule has 4 rings (SSSR count). The second-order valence-corrected chi connectivity index (χ2v) is 8.37. The van der Waals surface area contributed by atoms with Gasteiger partial charge < -0.3 is 11.1 Å². The average Bonchev–Trinajstić information content (AvgIpc) is 3.27.